The first-order valence-corrected chi connectivity index (χ1v) is 16.5. The zero-order valence-electron chi connectivity index (χ0n) is 26.2. The van der Waals surface area contributed by atoms with Crippen LogP contribution in [-0.4, -0.2) is 22.6 Å². The van der Waals surface area contributed by atoms with E-state index in [0.29, 0.717) is 20.6 Å². The molecule has 2 heterocycles. The molecular weight excluding hydrogens is 639 g/mol. The molecule has 8 rings (SSSR count). The van der Waals surface area contributed by atoms with E-state index in [2.05, 4.69) is 12.1 Å². The molecule has 1 aliphatic heterocycles. The highest BCUT2D eigenvalue weighted by Crippen LogP contribution is 2.41. The number of ether oxygens (including phenoxy) is 2. The number of fused-ring (bicyclic) bond motifs is 4. The minimum atomic E-state index is -0.675. The van der Waals surface area contributed by atoms with E-state index in [0.717, 1.165) is 46.0 Å². The zero-order valence-corrected chi connectivity index (χ0v) is 27.0. The van der Waals surface area contributed by atoms with Crippen LogP contribution < -0.4 is 24.4 Å². The van der Waals surface area contributed by atoms with Crippen LogP contribution in [0.15, 0.2) is 125 Å². The smallest absolute Gasteiger partial charge is 0.343 e. The largest absolute Gasteiger partial charge is 0.497 e. The molecule has 0 bridgehead atoms. The van der Waals surface area contributed by atoms with E-state index >= 15 is 0 Å². The molecule has 5 aromatic carbocycles. The van der Waals surface area contributed by atoms with Crippen LogP contribution in [0.1, 0.15) is 45.1 Å². The maximum Gasteiger partial charge on any atom is 0.343 e. The van der Waals surface area contributed by atoms with Gasteiger partial charge in [-0.3, -0.25) is 19.5 Å². The van der Waals surface area contributed by atoms with E-state index < -0.39 is 10.9 Å². The zero-order chi connectivity index (χ0) is 33.6. The van der Waals surface area contributed by atoms with Gasteiger partial charge in [0.15, 0.2) is 4.80 Å². The molecule has 1 aromatic heterocycles. The highest BCUT2D eigenvalue weighted by molar-refractivity contribution is 7.07. The molecule has 240 valence electrons. The first-order chi connectivity index (χ1) is 23.9. The van der Waals surface area contributed by atoms with Crippen molar-refractivity contribution in [2.75, 3.05) is 7.11 Å². The van der Waals surface area contributed by atoms with E-state index in [9.17, 15) is 19.7 Å². The lowest BCUT2D eigenvalue weighted by molar-refractivity contribution is -0.384. The number of aromatic nitrogens is 1. The second-order valence-electron chi connectivity index (χ2n) is 11.8. The third-order valence-corrected chi connectivity index (χ3v) is 9.99. The van der Waals surface area contributed by atoms with Gasteiger partial charge in [-0.2, -0.15) is 0 Å². The highest BCUT2D eigenvalue weighted by atomic mass is 32.1. The van der Waals surface area contributed by atoms with Crippen molar-refractivity contribution in [1.29, 1.82) is 0 Å². The quantitative estimate of drug-likeness (QED) is 0.0857. The van der Waals surface area contributed by atoms with Crippen LogP contribution in [0.5, 0.6) is 11.5 Å². The molecule has 6 aromatic rings. The van der Waals surface area contributed by atoms with Gasteiger partial charge in [0.1, 0.15) is 11.5 Å². The van der Waals surface area contributed by atoms with Gasteiger partial charge in [-0.05, 0) is 76.7 Å². The number of methoxy groups -OCH3 is 1. The molecular formula is C39H27N3O6S. The fourth-order valence-corrected chi connectivity index (χ4v) is 7.64. The Balaban J connectivity index is 1.31. The van der Waals surface area contributed by atoms with Gasteiger partial charge in [0.25, 0.3) is 11.2 Å². The summed E-state index contributed by atoms with van der Waals surface area (Å²) in [7, 11) is 1.63. The Bertz CT molecular complexity index is 2550. The van der Waals surface area contributed by atoms with E-state index in [4.69, 9.17) is 14.5 Å². The molecule has 0 fully saturated rings. The predicted octanol–water partition coefficient (Wildman–Crippen LogP) is 6.61. The molecule has 1 atom stereocenters. The van der Waals surface area contributed by atoms with Crippen molar-refractivity contribution in [2.45, 2.75) is 18.9 Å². The standard InChI is InChI=1S/C39H27N3O6S/c1-47-28-10-6-9-26(21-28)36-31-19-15-24-8-3-5-12-30(24)35(31)40-39-41(36)37(43)34(49-39)22-32-29-11-4-2-7-23(29)16-20-33(32)48-38(44)25-13-17-27(18-14-25)42(45)46/h2-14,16-18,20-22,36H,15,19H2,1H3/b34-22+/t36-/m0/s1. The summed E-state index contributed by atoms with van der Waals surface area (Å²) in [6, 6.07) is 32.1. The van der Waals surface area contributed by atoms with Gasteiger partial charge in [-0.25, -0.2) is 9.79 Å². The average molecular weight is 666 g/mol. The van der Waals surface area contributed by atoms with Crippen molar-refractivity contribution in [3.05, 3.63) is 172 Å². The van der Waals surface area contributed by atoms with Crippen molar-refractivity contribution >= 4 is 45.5 Å². The molecule has 0 unspecified atom stereocenters. The number of carbonyl (C=O) groups is 1. The minimum absolute atomic E-state index is 0.129. The summed E-state index contributed by atoms with van der Waals surface area (Å²) >= 11 is 1.29. The Kier molecular flexibility index (Phi) is 7.49. The van der Waals surface area contributed by atoms with E-state index in [-0.39, 0.29) is 28.6 Å². The maximum atomic E-state index is 14.5. The number of benzene rings is 5. The first-order valence-electron chi connectivity index (χ1n) is 15.6. The lowest BCUT2D eigenvalue weighted by atomic mass is 9.83. The molecule has 0 N–H and O–H groups in total. The number of allylic oxidation sites excluding steroid dienone is 1. The Morgan fingerprint density at radius 1 is 0.959 bits per heavy atom. The number of esters is 1. The Morgan fingerprint density at radius 2 is 1.76 bits per heavy atom. The number of carbonyl (C=O) groups excluding carboxylic acids is 1. The van der Waals surface area contributed by atoms with Crippen molar-refractivity contribution in [3.8, 4) is 11.5 Å². The van der Waals surface area contributed by atoms with Crippen LogP contribution in [0.4, 0.5) is 5.69 Å². The third-order valence-electron chi connectivity index (χ3n) is 9.01. The van der Waals surface area contributed by atoms with Gasteiger partial charge < -0.3 is 9.47 Å². The van der Waals surface area contributed by atoms with Crippen molar-refractivity contribution in [2.24, 2.45) is 4.99 Å². The number of nitro benzene ring substituents is 1. The number of nitrogens with zero attached hydrogens (tertiary/aromatic N) is 3. The molecule has 0 spiro atoms. The van der Waals surface area contributed by atoms with Crippen LogP contribution in [0, 0.1) is 10.1 Å². The van der Waals surface area contributed by atoms with Gasteiger partial charge in [0.2, 0.25) is 0 Å². The first kappa shape index (κ1) is 30.2. The topological polar surface area (TPSA) is 113 Å². The summed E-state index contributed by atoms with van der Waals surface area (Å²) in [5, 5.41) is 12.8. The monoisotopic (exact) mass is 665 g/mol. The molecule has 1 aliphatic carbocycles. The summed E-state index contributed by atoms with van der Waals surface area (Å²) in [6.45, 7) is 0. The van der Waals surface area contributed by atoms with Crippen molar-refractivity contribution in [3.63, 3.8) is 0 Å². The summed E-state index contributed by atoms with van der Waals surface area (Å²) in [6.07, 6.45) is 3.37. The summed E-state index contributed by atoms with van der Waals surface area (Å²) in [4.78, 5) is 44.1. The lowest BCUT2D eigenvalue weighted by Crippen LogP contribution is -2.38. The lowest BCUT2D eigenvalue weighted by Gasteiger charge is -2.31. The maximum absolute atomic E-state index is 14.5. The Hall–Kier alpha value is -6.13. The fourth-order valence-electron chi connectivity index (χ4n) is 6.66. The molecule has 0 saturated heterocycles. The normalized spacial score (nSPS) is 15.2. The third kappa shape index (κ3) is 5.32. The number of aryl methyl sites for hydroxylation is 1. The average Bonchev–Trinajstić information content (AvgIpc) is 3.45. The molecule has 0 amide bonds. The van der Waals surface area contributed by atoms with Gasteiger partial charge >= 0.3 is 5.97 Å². The highest BCUT2D eigenvalue weighted by Gasteiger charge is 2.33. The summed E-state index contributed by atoms with van der Waals surface area (Å²) in [5.41, 5.74) is 5.58. The van der Waals surface area contributed by atoms with Gasteiger partial charge in [0.05, 0.1) is 33.9 Å². The van der Waals surface area contributed by atoms with Gasteiger partial charge in [-0.15, -0.1) is 0 Å². The predicted molar refractivity (Wildman–Crippen MR) is 188 cm³/mol. The molecule has 0 saturated carbocycles. The minimum Gasteiger partial charge on any atom is -0.497 e. The van der Waals surface area contributed by atoms with Crippen LogP contribution in [0.2, 0.25) is 0 Å². The number of hydrogen-bond donors (Lipinski definition) is 0. The Morgan fingerprint density at radius 3 is 2.57 bits per heavy atom. The van der Waals surface area contributed by atoms with Crippen LogP contribution >= 0.6 is 11.3 Å². The number of thiazole rings is 1. The van der Waals surface area contributed by atoms with E-state index in [1.54, 1.807) is 23.8 Å². The summed E-state index contributed by atoms with van der Waals surface area (Å²) < 4.78 is 13.7. The number of hydrogen-bond acceptors (Lipinski definition) is 8. The Labute approximate surface area is 283 Å². The van der Waals surface area contributed by atoms with Crippen LogP contribution in [-0.2, 0) is 6.42 Å². The number of non-ortho nitro benzene ring substituents is 1. The summed E-state index contributed by atoms with van der Waals surface area (Å²) in [5.74, 6) is 0.279. The number of rotatable bonds is 6. The SMILES string of the molecule is COc1cccc([C@H]2C3=C(N=c4s/c(=C/c5c(OC(=O)c6ccc([N+](=O)[O-])cc6)ccc6ccccc56)c(=O)n42)c2ccccc2CC3)c1. The van der Waals surface area contributed by atoms with Crippen LogP contribution in [0.3, 0.4) is 0 Å². The van der Waals surface area contributed by atoms with E-state index in [1.807, 2.05) is 66.7 Å². The molecule has 9 nitrogen and oxygen atoms in total. The molecule has 2 aliphatic rings. The molecule has 0 radical (unpaired) electrons. The molecule has 10 heteroatoms. The second kappa shape index (κ2) is 12.1. The van der Waals surface area contributed by atoms with Crippen molar-refractivity contribution < 1.29 is 19.2 Å². The van der Waals surface area contributed by atoms with Gasteiger partial charge in [0, 0.05) is 23.3 Å². The molecule has 49 heavy (non-hydrogen) atoms. The fraction of sp³-hybridized carbons (Fsp3) is 0.103. The number of nitro groups is 1. The van der Waals surface area contributed by atoms with Gasteiger partial charge in [-0.1, -0.05) is 78.1 Å². The van der Waals surface area contributed by atoms with E-state index in [1.165, 1.54) is 41.2 Å². The van der Waals surface area contributed by atoms with Crippen molar-refractivity contribution in [1.82, 2.24) is 4.57 Å². The second-order valence-corrected chi connectivity index (χ2v) is 12.8. The van der Waals surface area contributed by atoms with Crippen LogP contribution in [0.25, 0.3) is 22.5 Å².